The van der Waals surface area contributed by atoms with Crippen LogP contribution < -0.4 is 16.0 Å². The maximum atomic E-state index is 11.0. The van der Waals surface area contributed by atoms with E-state index in [1.807, 2.05) is 13.8 Å². The van der Waals surface area contributed by atoms with E-state index in [0.717, 1.165) is 5.76 Å². The van der Waals surface area contributed by atoms with Gasteiger partial charge in [0.15, 0.2) is 5.96 Å². The number of nitrogens with one attached hydrogen (secondary N) is 3. The standard InChI is InChI=1S/C19H27N5O4.HI/c1-4-20-18(23-13-19(3,25)17-10-9-14(2)28-17)22-12-11-21-15-7-5-6-8-16(15)24(26)27;/h5-10,21,25H,4,11-13H2,1-3H3,(H2,20,22,23);1H. The van der Waals surface area contributed by atoms with Gasteiger partial charge in [-0.1, -0.05) is 12.1 Å². The number of para-hydroxylation sites is 2. The van der Waals surface area contributed by atoms with E-state index < -0.39 is 10.5 Å². The number of aliphatic hydroxyl groups is 1. The molecule has 1 heterocycles. The number of hydrogen-bond acceptors (Lipinski definition) is 6. The van der Waals surface area contributed by atoms with Crippen molar-refractivity contribution >= 4 is 41.3 Å². The topological polar surface area (TPSA) is 125 Å². The van der Waals surface area contributed by atoms with Crippen LogP contribution in [-0.4, -0.2) is 42.2 Å². The Balaban J connectivity index is 0.00000420. The molecule has 2 aromatic rings. The Morgan fingerprint density at radius 3 is 2.59 bits per heavy atom. The molecule has 9 nitrogen and oxygen atoms in total. The molecule has 0 fully saturated rings. The SMILES string of the molecule is CCNC(=NCC(C)(O)c1ccc(C)o1)NCCNc1ccccc1[N+](=O)[O-].I. The Morgan fingerprint density at radius 2 is 1.97 bits per heavy atom. The van der Waals surface area contributed by atoms with E-state index in [4.69, 9.17) is 4.42 Å². The lowest BCUT2D eigenvalue weighted by molar-refractivity contribution is -0.384. The van der Waals surface area contributed by atoms with Gasteiger partial charge < -0.3 is 25.5 Å². The largest absolute Gasteiger partial charge is 0.463 e. The van der Waals surface area contributed by atoms with Gasteiger partial charge >= 0.3 is 0 Å². The molecule has 1 aromatic carbocycles. The molecular weight excluding hydrogens is 489 g/mol. The molecular formula is C19H28IN5O4. The number of rotatable bonds is 9. The fourth-order valence-corrected chi connectivity index (χ4v) is 2.54. The van der Waals surface area contributed by atoms with Crippen molar-refractivity contribution in [2.24, 2.45) is 4.99 Å². The molecule has 0 amide bonds. The van der Waals surface area contributed by atoms with Gasteiger partial charge in [-0.25, -0.2) is 4.99 Å². The quantitative estimate of drug-likeness (QED) is 0.101. The van der Waals surface area contributed by atoms with Crippen LogP contribution in [0.1, 0.15) is 25.4 Å². The summed E-state index contributed by atoms with van der Waals surface area (Å²) in [6.45, 7) is 7.13. The van der Waals surface area contributed by atoms with E-state index in [-0.39, 0.29) is 36.2 Å². The third kappa shape index (κ3) is 7.54. The highest BCUT2D eigenvalue weighted by atomic mass is 127. The zero-order chi connectivity index (χ0) is 20.6. The summed E-state index contributed by atoms with van der Waals surface area (Å²) in [6, 6.07) is 10.0. The van der Waals surface area contributed by atoms with Gasteiger partial charge in [0.1, 0.15) is 22.8 Å². The second kappa shape index (κ2) is 11.6. The summed E-state index contributed by atoms with van der Waals surface area (Å²) in [5.41, 5.74) is -0.722. The number of aryl methyl sites for hydroxylation is 1. The molecule has 0 radical (unpaired) electrons. The molecule has 160 valence electrons. The molecule has 1 atom stereocenters. The Bertz CT molecular complexity index is 822. The second-order valence-electron chi connectivity index (χ2n) is 6.51. The van der Waals surface area contributed by atoms with Gasteiger partial charge in [0.25, 0.3) is 5.69 Å². The first-order chi connectivity index (χ1) is 13.3. The molecule has 10 heteroatoms. The first-order valence-corrected chi connectivity index (χ1v) is 9.12. The monoisotopic (exact) mass is 517 g/mol. The summed E-state index contributed by atoms with van der Waals surface area (Å²) in [5.74, 6) is 1.73. The molecule has 0 aliphatic rings. The lowest BCUT2D eigenvalue weighted by Crippen LogP contribution is -2.40. The van der Waals surface area contributed by atoms with Gasteiger partial charge in [-0.3, -0.25) is 10.1 Å². The summed E-state index contributed by atoms with van der Waals surface area (Å²) < 4.78 is 5.49. The van der Waals surface area contributed by atoms with Crippen LogP contribution in [0.3, 0.4) is 0 Å². The van der Waals surface area contributed by atoms with E-state index in [1.54, 1.807) is 37.3 Å². The highest BCUT2D eigenvalue weighted by Crippen LogP contribution is 2.23. The predicted octanol–water partition coefficient (Wildman–Crippen LogP) is 2.99. The van der Waals surface area contributed by atoms with Crippen LogP contribution in [0, 0.1) is 17.0 Å². The predicted molar refractivity (Wildman–Crippen MR) is 124 cm³/mol. The Labute approximate surface area is 187 Å². The summed E-state index contributed by atoms with van der Waals surface area (Å²) >= 11 is 0. The summed E-state index contributed by atoms with van der Waals surface area (Å²) in [4.78, 5) is 15.0. The van der Waals surface area contributed by atoms with Gasteiger partial charge in [-0.2, -0.15) is 0 Å². The second-order valence-corrected chi connectivity index (χ2v) is 6.51. The number of furan rings is 1. The van der Waals surface area contributed by atoms with Crippen LogP contribution >= 0.6 is 24.0 Å². The number of aliphatic imine (C=N–C) groups is 1. The zero-order valence-corrected chi connectivity index (χ0v) is 19.1. The van der Waals surface area contributed by atoms with E-state index in [1.165, 1.54) is 6.07 Å². The van der Waals surface area contributed by atoms with Crippen LogP contribution in [0.5, 0.6) is 0 Å². The average Bonchev–Trinajstić information content (AvgIpc) is 3.10. The van der Waals surface area contributed by atoms with E-state index in [0.29, 0.717) is 37.0 Å². The Hall–Kier alpha value is -2.34. The number of hydrogen-bond donors (Lipinski definition) is 4. The lowest BCUT2D eigenvalue weighted by atomic mass is 10.0. The van der Waals surface area contributed by atoms with Crippen LogP contribution in [0.4, 0.5) is 11.4 Å². The molecule has 0 aliphatic carbocycles. The van der Waals surface area contributed by atoms with Gasteiger partial charge in [-0.05, 0) is 39.0 Å². The molecule has 29 heavy (non-hydrogen) atoms. The lowest BCUT2D eigenvalue weighted by Gasteiger charge is -2.19. The summed E-state index contributed by atoms with van der Waals surface area (Å²) in [7, 11) is 0. The van der Waals surface area contributed by atoms with Crippen molar-refractivity contribution in [3.8, 4) is 0 Å². The minimum absolute atomic E-state index is 0. The third-order valence-electron chi connectivity index (χ3n) is 3.99. The zero-order valence-electron chi connectivity index (χ0n) is 16.8. The van der Waals surface area contributed by atoms with Crippen molar-refractivity contribution in [1.29, 1.82) is 0 Å². The van der Waals surface area contributed by atoms with Crippen LogP contribution in [-0.2, 0) is 5.60 Å². The van der Waals surface area contributed by atoms with Crippen molar-refractivity contribution < 1.29 is 14.4 Å². The van der Waals surface area contributed by atoms with Crippen molar-refractivity contribution in [3.05, 3.63) is 58.0 Å². The minimum atomic E-state index is -1.22. The van der Waals surface area contributed by atoms with Crippen LogP contribution in [0.25, 0.3) is 0 Å². The summed E-state index contributed by atoms with van der Waals surface area (Å²) in [5, 5.41) is 30.9. The molecule has 0 saturated carbocycles. The fourth-order valence-electron chi connectivity index (χ4n) is 2.54. The first kappa shape index (κ1) is 24.7. The van der Waals surface area contributed by atoms with Gasteiger partial charge in [0.05, 0.1) is 11.5 Å². The molecule has 0 spiro atoms. The van der Waals surface area contributed by atoms with Crippen LogP contribution in [0.15, 0.2) is 45.8 Å². The number of nitro benzene ring substituents is 1. The number of benzene rings is 1. The molecule has 4 N–H and O–H groups in total. The molecule has 2 rings (SSSR count). The van der Waals surface area contributed by atoms with Crippen molar-refractivity contribution in [1.82, 2.24) is 10.6 Å². The first-order valence-electron chi connectivity index (χ1n) is 9.12. The third-order valence-corrected chi connectivity index (χ3v) is 3.99. The van der Waals surface area contributed by atoms with E-state index in [9.17, 15) is 15.2 Å². The molecule has 1 unspecified atom stereocenters. The smallest absolute Gasteiger partial charge is 0.292 e. The number of nitrogens with zero attached hydrogens (tertiary/aromatic N) is 2. The van der Waals surface area contributed by atoms with Crippen molar-refractivity contribution in [2.45, 2.75) is 26.4 Å². The molecule has 1 aromatic heterocycles. The fraction of sp³-hybridized carbons (Fsp3) is 0.421. The maximum Gasteiger partial charge on any atom is 0.292 e. The van der Waals surface area contributed by atoms with E-state index in [2.05, 4.69) is 20.9 Å². The van der Waals surface area contributed by atoms with Gasteiger partial charge in [0, 0.05) is 25.7 Å². The highest BCUT2D eigenvalue weighted by molar-refractivity contribution is 14.0. The van der Waals surface area contributed by atoms with E-state index >= 15 is 0 Å². The molecule has 0 bridgehead atoms. The molecule has 0 saturated heterocycles. The maximum absolute atomic E-state index is 11.0. The number of halogens is 1. The van der Waals surface area contributed by atoms with Crippen molar-refractivity contribution in [3.63, 3.8) is 0 Å². The van der Waals surface area contributed by atoms with Crippen LogP contribution in [0.2, 0.25) is 0 Å². The Kier molecular flexibility index (Phi) is 9.89. The van der Waals surface area contributed by atoms with Crippen molar-refractivity contribution in [2.75, 3.05) is 31.5 Å². The average molecular weight is 517 g/mol. The van der Waals surface area contributed by atoms with Gasteiger partial charge in [-0.15, -0.1) is 24.0 Å². The summed E-state index contributed by atoms with van der Waals surface area (Å²) in [6.07, 6.45) is 0. The minimum Gasteiger partial charge on any atom is -0.463 e. The van der Waals surface area contributed by atoms with Gasteiger partial charge in [0.2, 0.25) is 0 Å². The highest BCUT2D eigenvalue weighted by Gasteiger charge is 2.26. The number of guanidine groups is 1. The normalized spacial score (nSPS) is 13.2. The Morgan fingerprint density at radius 1 is 1.24 bits per heavy atom. The number of nitro groups is 1. The molecule has 0 aliphatic heterocycles. The number of anilines is 1.